The summed E-state index contributed by atoms with van der Waals surface area (Å²) in [5, 5.41) is 9.12. The molecule has 0 saturated heterocycles. The molecule has 18 heavy (non-hydrogen) atoms. The monoisotopic (exact) mass is 254 g/mol. The van der Waals surface area contributed by atoms with Gasteiger partial charge in [0.2, 0.25) is 0 Å². The molecule has 1 rings (SSSR count). The summed E-state index contributed by atoms with van der Waals surface area (Å²) in [6, 6.07) is 10.5. The standard InChI is InChI=1S/C11H17NO.C2H5NO2/c1-12(2)11(9-13)8-10-6-4-3-5-7-10;1-5-2(3)4/h3-7,11,13H,8-9H2,1-2H3;1H3,(H2,3,4). The van der Waals surface area contributed by atoms with Crippen LogP contribution < -0.4 is 5.73 Å². The van der Waals surface area contributed by atoms with E-state index in [2.05, 4.69) is 22.6 Å². The minimum absolute atomic E-state index is 0.210. The zero-order valence-corrected chi connectivity index (χ0v) is 11.2. The predicted molar refractivity (Wildman–Crippen MR) is 71.3 cm³/mol. The molecule has 1 unspecified atom stereocenters. The quantitative estimate of drug-likeness (QED) is 0.835. The minimum atomic E-state index is -0.745. The number of benzene rings is 1. The third-order valence-electron chi connectivity index (χ3n) is 2.46. The molecule has 1 amide bonds. The molecule has 3 N–H and O–H groups in total. The smallest absolute Gasteiger partial charge is 0.404 e. The molecule has 0 aliphatic rings. The fraction of sp³-hybridized carbons (Fsp3) is 0.462. The maximum absolute atomic E-state index is 9.37. The van der Waals surface area contributed by atoms with Gasteiger partial charge in [-0.05, 0) is 26.1 Å². The van der Waals surface area contributed by atoms with E-state index >= 15 is 0 Å². The summed E-state index contributed by atoms with van der Waals surface area (Å²) in [5.74, 6) is 0. The molecular formula is C13H22N2O3. The lowest BCUT2D eigenvalue weighted by atomic mass is 10.1. The highest BCUT2D eigenvalue weighted by molar-refractivity contribution is 5.64. The number of likely N-dealkylation sites (N-methyl/N-ethyl adjacent to an activating group) is 1. The van der Waals surface area contributed by atoms with Gasteiger partial charge >= 0.3 is 6.09 Å². The van der Waals surface area contributed by atoms with E-state index in [1.807, 2.05) is 37.2 Å². The van der Waals surface area contributed by atoms with Crippen LogP contribution >= 0.6 is 0 Å². The second-order valence-corrected chi connectivity index (χ2v) is 4.01. The maximum Gasteiger partial charge on any atom is 0.404 e. The van der Waals surface area contributed by atoms with Crippen LogP contribution in [0.4, 0.5) is 4.79 Å². The summed E-state index contributed by atoms with van der Waals surface area (Å²) in [5.41, 5.74) is 5.70. The molecule has 0 saturated carbocycles. The molecule has 102 valence electrons. The first-order chi connectivity index (χ1) is 8.51. The van der Waals surface area contributed by atoms with Crippen LogP contribution in [0.2, 0.25) is 0 Å². The van der Waals surface area contributed by atoms with Gasteiger partial charge < -0.3 is 20.5 Å². The molecule has 1 aromatic rings. The fourth-order valence-corrected chi connectivity index (χ4v) is 1.30. The van der Waals surface area contributed by atoms with Crippen LogP contribution in [0.3, 0.4) is 0 Å². The molecule has 5 nitrogen and oxygen atoms in total. The summed E-state index contributed by atoms with van der Waals surface area (Å²) in [7, 11) is 5.20. The van der Waals surface area contributed by atoms with Crippen molar-refractivity contribution < 1.29 is 14.6 Å². The Kier molecular flexibility index (Phi) is 8.61. The lowest BCUT2D eigenvalue weighted by molar-refractivity contribution is 0.169. The largest absolute Gasteiger partial charge is 0.453 e. The van der Waals surface area contributed by atoms with Crippen molar-refractivity contribution >= 4 is 6.09 Å². The molecule has 0 radical (unpaired) electrons. The summed E-state index contributed by atoms with van der Waals surface area (Å²) in [6.45, 7) is 0.210. The second kappa shape index (κ2) is 9.44. The van der Waals surface area contributed by atoms with Crippen LogP contribution in [-0.2, 0) is 11.2 Å². The van der Waals surface area contributed by atoms with Gasteiger partial charge in [0.25, 0.3) is 0 Å². The third-order valence-corrected chi connectivity index (χ3v) is 2.46. The van der Waals surface area contributed by atoms with Crippen molar-refractivity contribution in [2.75, 3.05) is 27.8 Å². The lowest BCUT2D eigenvalue weighted by Gasteiger charge is -2.21. The molecule has 0 heterocycles. The van der Waals surface area contributed by atoms with Gasteiger partial charge in [-0.1, -0.05) is 30.3 Å². The van der Waals surface area contributed by atoms with E-state index in [1.165, 1.54) is 12.7 Å². The van der Waals surface area contributed by atoms with Crippen molar-refractivity contribution in [3.63, 3.8) is 0 Å². The fourth-order valence-electron chi connectivity index (χ4n) is 1.30. The summed E-state index contributed by atoms with van der Waals surface area (Å²) in [4.78, 5) is 11.4. The highest BCUT2D eigenvalue weighted by Gasteiger charge is 2.09. The highest BCUT2D eigenvalue weighted by atomic mass is 16.5. The number of amides is 1. The van der Waals surface area contributed by atoms with Gasteiger partial charge in [0.15, 0.2) is 0 Å². The van der Waals surface area contributed by atoms with Crippen molar-refractivity contribution in [1.29, 1.82) is 0 Å². The van der Waals surface area contributed by atoms with E-state index in [4.69, 9.17) is 5.11 Å². The molecule has 5 heteroatoms. The lowest BCUT2D eigenvalue weighted by Crippen LogP contribution is -2.33. The van der Waals surface area contributed by atoms with Crippen LogP contribution in [0.15, 0.2) is 30.3 Å². The number of nitrogens with zero attached hydrogens (tertiary/aromatic N) is 1. The van der Waals surface area contributed by atoms with E-state index in [9.17, 15) is 4.79 Å². The van der Waals surface area contributed by atoms with Crippen molar-refractivity contribution in [2.45, 2.75) is 12.5 Å². The Balaban J connectivity index is 0.000000494. The number of carbonyl (C=O) groups excluding carboxylic acids is 1. The van der Waals surface area contributed by atoms with Gasteiger partial charge in [0.1, 0.15) is 0 Å². The van der Waals surface area contributed by atoms with Gasteiger partial charge in [-0.15, -0.1) is 0 Å². The average Bonchev–Trinajstić information content (AvgIpc) is 2.37. The number of ether oxygens (including phenoxy) is 1. The van der Waals surface area contributed by atoms with Gasteiger partial charge in [0, 0.05) is 6.04 Å². The number of hydrogen-bond acceptors (Lipinski definition) is 4. The number of primary amides is 1. The SMILES string of the molecule is CN(C)C(CO)Cc1ccccc1.COC(N)=O. The molecule has 0 spiro atoms. The first kappa shape index (κ1) is 16.4. The number of hydrogen-bond donors (Lipinski definition) is 2. The Bertz CT molecular complexity index is 328. The number of carbonyl (C=O) groups is 1. The van der Waals surface area contributed by atoms with E-state index in [0.29, 0.717) is 0 Å². The van der Waals surface area contributed by atoms with Crippen LogP contribution in [0, 0.1) is 0 Å². The Labute approximate surface area is 108 Å². The predicted octanol–water partition coefficient (Wildman–Crippen LogP) is 0.863. The van der Waals surface area contributed by atoms with Gasteiger partial charge in [-0.3, -0.25) is 0 Å². The van der Waals surface area contributed by atoms with E-state index in [1.54, 1.807) is 0 Å². The number of aliphatic hydroxyl groups excluding tert-OH is 1. The molecule has 1 atom stereocenters. The summed E-state index contributed by atoms with van der Waals surface area (Å²) in [6.07, 6.45) is 0.162. The zero-order valence-electron chi connectivity index (χ0n) is 11.2. The molecular weight excluding hydrogens is 232 g/mol. The number of rotatable bonds is 4. The number of methoxy groups -OCH3 is 1. The molecule has 1 aromatic carbocycles. The minimum Gasteiger partial charge on any atom is -0.453 e. The highest BCUT2D eigenvalue weighted by Crippen LogP contribution is 2.05. The molecule has 0 aliphatic heterocycles. The van der Waals surface area contributed by atoms with Crippen LogP contribution in [-0.4, -0.2) is 50.0 Å². The van der Waals surface area contributed by atoms with E-state index < -0.39 is 6.09 Å². The van der Waals surface area contributed by atoms with Crippen molar-refractivity contribution in [3.8, 4) is 0 Å². The maximum atomic E-state index is 9.37. The van der Waals surface area contributed by atoms with Crippen LogP contribution in [0.1, 0.15) is 5.56 Å². The molecule has 0 fully saturated rings. The second-order valence-electron chi connectivity index (χ2n) is 4.01. The van der Waals surface area contributed by atoms with E-state index in [-0.39, 0.29) is 12.6 Å². The molecule has 0 aromatic heterocycles. The van der Waals surface area contributed by atoms with E-state index in [0.717, 1.165) is 6.42 Å². The Morgan fingerprint density at radius 3 is 2.22 bits per heavy atom. The first-order valence-corrected chi connectivity index (χ1v) is 5.65. The third kappa shape index (κ3) is 7.65. The van der Waals surface area contributed by atoms with Gasteiger partial charge in [-0.2, -0.15) is 0 Å². The van der Waals surface area contributed by atoms with Crippen LogP contribution in [0.5, 0.6) is 0 Å². The van der Waals surface area contributed by atoms with Gasteiger partial charge in [0.05, 0.1) is 13.7 Å². The van der Waals surface area contributed by atoms with Crippen LogP contribution in [0.25, 0.3) is 0 Å². The Morgan fingerprint density at radius 1 is 1.39 bits per heavy atom. The molecule has 0 aliphatic carbocycles. The zero-order chi connectivity index (χ0) is 14.0. The average molecular weight is 254 g/mol. The Hall–Kier alpha value is -1.59. The van der Waals surface area contributed by atoms with Crippen molar-refractivity contribution in [3.05, 3.63) is 35.9 Å². The first-order valence-electron chi connectivity index (χ1n) is 5.65. The number of nitrogens with two attached hydrogens (primary N) is 1. The summed E-state index contributed by atoms with van der Waals surface area (Å²) < 4.78 is 3.89. The van der Waals surface area contributed by atoms with Crippen molar-refractivity contribution in [2.24, 2.45) is 5.73 Å². The topological polar surface area (TPSA) is 75.8 Å². The van der Waals surface area contributed by atoms with Gasteiger partial charge in [-0.25, -0.2) is 4.79 Å². The Morgan fingerprint density at radius 2 is 1.89 bits per heavy atom. The summed E-state index contributed by atoms with van der Waals surface area (Å²) >= 11 is 0. The normalized spacial score (nSPS) is 11.4. The number of aliphatic hydroxyl groups is 1. The molecule has 0 bridgehead atoms. The van der Waals surface area contributed by atoms with Crippen molar-refractivity contribution in [1.82, 2.24) is 4.90 Å².